The van der Waals surface area contributed by atoms with Crippen LogP contribution in [0.15, 0.2) is 24.3 Å². The molecule has 0 saturated carbocycles. The van der Waals surface area contributed by atoms with Gasteiger partial charge in [-0.1, -0.05) is 5.21 Å². The van der Waals surface area contributed by atoms with Crippen LogP contribution in [-0.2, 0) is 0 Å². The highest BCUT2D eigenvalue weighted by Crippen LogP contribution is 2.19. The van der Waals surface area contributed by atoms with Crippen molar-refractivity contribution < 1.29 is 9.53 Å². The van der Waals surface area contributed by atoms with Crippen LogP contribution in [0.4, 0.5) is 5.82 Å². The van der Waals surface area contributed by atoms with Crippen LogP contribution in [0, 0.1) is 0 Å². The maximum absolute atomic E-state index is 11.0. The Labute approximate surface area is 102 Å². The summed E-state index contributed by atoms with van der Waals surface area (Å²) in [6, 6.07) is 6.98. The van der Waals surface area contributed by atoms with Crippen molar-refractivity contribution in [1.29, 1.82) is 0 Å². The number of nitrogens with zero attached hydrogens (tertiary/aromatic N) is 3. The Morgan fingerprint density at radius 1 is 1.41 bits per heavy atom. The lowest BCUT2D eigenvalue weighted by Crippen LogP contribution is -2.04. The summed E-state index contributed by atoms with van der Waals surface area (Å²) >= 11 is 5.30. The van der Waals surface area contributed by atoms with E-state index in [1.54, 1.807) is 31.4 Å². The van der Waals surface area contributed by atoms with Crippen molar-refractivity contribution in [3.8, 4) is 11.4 Å². The third-order valence-electron chi connectivity index (χ3n) is 2.21. The number of hydrogen-bond donors (Lipinski definition) is 1. The number of anilines is 1. The molecule has 0 spiro atoms. The van der Waals surface area contributed by atoms with E-state index in [-0.39, 0.29) is 11.5 Å². The second-order valence-electron chi connectivity index (χ2n) is 3.21. The molecule has 7 heteroatoms. The van der Waals surface area contributed by atoms with Crippen LogP contribution in [-0.4, -0.2) is 27.3 Å². The molecule has 0 unspecified atom stereocenters. The third-order valence-corrected chi connectivity index (χ3v) is 2.39. The average molecular weight is 253 g/mol. The SMILES string of the molecule is COc1ccc(-n2nnc(C(=O)Cl)c2N)cc1. The van der Waals surface area contributed by atoms with E-state index in [1.807, 2.05) is 0 Å². The number of methoxy groups -OCH3 is 1. The molecule has 2 N–H and O–H groups in total. The fourth-order valence-corrected chi connectivity index (χ4v) is 1.48. The van der Waals surface area contributed by atoms with E-state index in [9.17, 15) is 4.79 Å². The number of rotatable bonds is 3. The first-order valence-electron chi connectivity index (χ1n) is 4.69. The number of ether oxygens (including phenoxy) is 1. The van der Waals surface area contributed by atoms with E-state index >= 15 is 0 Å². The molecular weight excluding hydrogens is 244 g/mol. The van der Waals surface area contributed by atoms with Crippen LogP contribution in [0.5, 0.6) is 5.75 Å². The maximum atomic E-state index is 11.0. The molecule has 2 aromatic rings. The Kier molecular flexibility index (Phi) is 2.97. The molecule has 0 aliphatic carbocycles. The number of carbonyl (C=O) groups is 1. The highest BCUT2D eigenvalue weighted by Gasteiger charge is 2.16. The molecule has 0 fully saturated rings. The molecule has 0 aliphatic rings. The lowest BCUT2D eigenvalue weighted by Gasteiger charge is -2.04. The molecule has 0 bridgehead atoms. The Morgan fingerprint density at radius 2 is 2.06 bits per heavy atom. The van der Waals surface area contributed by atoms with Gasteiger partial charge in [0.15, 0.2) is 11.5 Å². The molecular formula is C10H9ClN4O2. The van der Waals surface area contributed by atoms with Gasteiger partial charge in [-0.05, 0) is 35.9 Å². The molecule has 1 aromatic heterocycles. The zero-order chi connectivity index (χ0) is 12.4. The number of aromatic nitrogens is 3. The largest absolute Gasteiger partial charge is 0.497 e. The molecule has 0 amide bonds. The number of halogens is 1. The summed E-state index contributed by atoms with van der Waals surface area (Å²) in [5, 5.41) is 6.63. The summed E-state index contributed by atoms with van der Waals surface area (Å²) in [5.41, 5.74) is 6.32. The first-order chi connectivity index (χ1) is 8.13. The minimum atomic E-state index is -0.734. The smallest absolute Gasteiger partial charge is 0.276 e. The number of nitrogens with two attached hydrogens (primary N) is 1. The van der Waals surface area contributed by atoms with Crippen LogP contribution in [0.3, 0.4) is 0 Å². The number of benzene rings is 1. The van der Waals surface area contributed by atoms with Gasteiger partial charge in [-0.2, -0.15) is 4.68 Å². The number of carbonyl (C=O) groups excluding carboxylic acids is 1. The van der Waals surface area contributed by atoms with Crippen molar-refractivity contribution in [3.63, 3.8) is 0 Å². The Morgan fingerprint density at radius 3 is 2.53 bits per heavy atom. The van der Waals surface area contributed by atoms with Crippen molar-refractivity contribution in [2.75, 3.05) is 12.8 Å². The molecule has 0 radical (unpaired) electrons. The summed E-state index contributed by atoms with van der Waals surface area (Å²) < 4.78 is 6.36. The number of nitrogen functional groups attached to an aromatic ring is 1. The summed E-state index contributed by atoms with van der Waals surface area (Å²) in [6.45, 7) is 0. The van der Waals surface area contributed by atoms with Crippen LogP contribution < -0.4 is 10.5 Å². The third kappa shape index (κ3) is 2.07. The fraction of sp³-hybridized carbons (Fsp3) is 0.100. The Balaban J connectivity index is 2.42. The van der Waals surface area contributed by atoms with Gasteiger partial charge in [0, 0.05) is 0 Å². The van der Waals surface area contributed by atoms with E-state index in [0.29, 0.717) is 11.4 Å². The average Bonchev–Trinajstić information content (AvgIpc) is 2.71. The molecule has 17 heavy (non-hydrogen) atoms. The molecule has 1 aromatic carbocycles. The van der Waals surface area contributed by atoms with Gasteiger partial charge in [0.2, 0.25) is 0 Å². The van der Waals surface area contributed by atoms with Crippen molar-refractivity contribution in [3.05, 3.63) is 30.0 Å². The van der Waals surface area contributed by atoms with Crippen LogP contribution in [0.25, 0.3) is 5.69 Å². The summed E-state index contributed by atoms with van der Waals surface area (Å²) in [6.07, 6.45) is 0. The summed E-state index contributed by atoms with van der Waals surface area (Å²) in [5.74, 6) is 0.816. The minimum absolute atomic E-state index is 0.0533. The normalized spacial score (nSPS) is 10.2. The van der Waals surface area contributed by atoms with Gasteiger partial charge < -0.3 is 10.5 Å². The highest BCUT2D eigenvalue weighted by atomic mass is 35.5. The molecule has 0 saturated heterocycles. The Hall–Kier alpha value is -2.08. The van der Waals surface area contributed by atoms with Crippen LogP contribution in [0.2, 0.25) is 0 Å². The molecule has 88 valence electrons. The van der Waals surface area contributed by atoms with Crippen molar-refractivity contribution in [2.45, 2.75) is 0 Å². The molecule has 0 atom stereocenters. The highest BCUT2D eigenvalue weighted by molar-refractivity contribution is 6.67. The van der Waals surface area contributed by atoms with Crippen LogP contribution >= 0.6 is 11.6 Å². The van der Waals surface area contributed by atoms with Gasteiger partial charge in [-0.25, -0.2) is 0 Å². The van der Waals surface area contributed by atoms with Gasteiger partial charge in [0.05, 0.1) is 12.8 Å². The van der Waals surface area contributed by atoms with Crippen molar-refractivity contribution in [1.82, 2.24) is 15.0 Å². The second kappa shape index (κ2) is 4.42. The van der Waals surface area contributed by atoms with Crippen molar-refractivity contribution in [2.24, 2.45) is 0 Å². The van der Waals surface area contributed by atoms with Gasteiger partial charge in [0.1, 0.15) is 5.75 Å². The Bertz CT molecular complexity index is 550. The van der Waals surface area contributed by atoms with E-state index in [0.717, 1.165) is 0 Å². The molecule has 2 rings (SSSR count). The monoisotopic (exact) mass is 252 g/mol. The zero-order valence-corrected chi connectivity index (χ0v) is 9.68. The van der Waals surface area contributed by atoms with Gasteiger partial charge in [-0.15, -0.1) is 5.10 Å². The first-order valence-corrected chi connectivity index (χ1v) is 5.06. The standard InChI is InChI=1S/C10H9ClN4O2/c1-17-7-4-2-6(3-5-7)15-10(12)8(9(11)16)13-14-15/h2-5H,12H2,1H3. The molecule has 0 aliphatic heterocycles. The lowest BCUT2D eigenvalue weighted by atomic mass is 10.3. The quantitative estimate of drug-likeness (QED) is 0.831. The second-order valence-corrected chi connectivity index (χ2v) is 3.55. The molecule has 1 heterocycles. The van der Waals surface area contributed by atoms with Gasteiger partial charge >= 0.3 is 0 Å². The summed E-state index contributed by atoms with van der Waals surface area (Å²) in [7, 11) is 1.57. The van der Waals surface area contributed by atoms with E-state index in [1.165, 1.54) is 4.68 Å². The van der Waals surface area contributed by atoms with E-state index in [2.05, 4.69) is 10.3 Å². The minimum Gasteiger partial charge on any atom is -0.497 e. The maximum Gasteiger partial charge on any atom is 0.276 e. The summed E-state index contributed by atoms with van der Waals surface area (Å²) in [4.78, 5) is 11.0. The van der Waals surface area contributed by atoms with E-state index in [4.69, 9.17) is 22.1 Å². The zero-order valence-electron chi connectivity index (χ0n) is 8.92. The van der Waals surface area contributed by atoms with Crippen molar-refractivity contribution >= 4 is 22.7 Å². The molecule has 6 nitrogen and oxygen atoms in total. The van der Waals surface area contributed by atoms with E-state index < -0.39 is 5.24 Å². The lowest BCUT2D eigenvalue weighted by molar-refractivity contribution is 0.107. The van der Waals surface area contributed by atoms with Crippen LogP contribution in [0.1, 0.15) is 10.5 Å². The fourth-order valence-electron chi connectivity index (χ4n) is 1.34. The first kappa shape index (κ1) is 11.4. The predicted molar refractivity (Wildman–Crippen MR) is 62.5 cm³/mol. The number of hydrogen-bond acceptors (Lipinski definition) is 5. The predicted octanol–water partition coefficient (Wildman–Crippen LogP) is 1.24. The van der Waals surface area contributed by atoms with Gasteiger partial charge in [-0.3, -0.25) is 4.79 Å². The topological polar surface area (TPSA) is 83.0 Å². The van der Waals surface area contributed by atoms with Gasteiger partial charge in [0.25, 0.3) is 5.24 Å².